The average molecular weight is 459 g/mol. The van der Waals surface area contributed by atoms with Crippen molar-refractivity contribution in [3.63, 3.8) is 0 Å². The molecule has 3 aromatic carbocycles. The van der Waals surface area contributed by atoms with Gasteiger partial charge in [0.1, 0.15) is 18.3 Å². The van der Waals surface area contributed by atoms with Crippen molar-refractivity contribution in [1.82, 2.24) is 0 Å². The molecule has 1 heterocycles. The molecule has 0 saturated carbocycles. The molecule has 5 heteroatoms. The van der Waals surface area contributed by atoms with E-state index in [0.29, 0.717) is 13.1 Å². The Morgan fingerprint density at radius 3 is 2.35 bits per heavy atom. The zero-order valence-corrected chi connectivity index (χ0v) is 20.1. The number of methoxy groups -OCH3 is 1. The first-order valence-corrected chi connectivity index (χ1v) is 11.7. The summed E-state index contributed by atoms with van der Waals surface area (Å²) in [5.74, 6) is -0.212. The molecule has 2 unspecified atom stereocenters. The second-order valence-electron chi connectivity index (χ2n) is 9.26. The number of amides is 1. The minimum atomic E-state index is -0.948. The van der Waals surface area contributed by atoms with E-state index in [0.717, 1.165) is 23.3 Å². The van der Waals surface area contributed by atoms with Crippen LogP contribution in [0, 0.1) is 13.8 Å². The Kier molecular flexibility index (Phi) is 6.85. The number of carbonyl (C=O) groups is 2. The molecule has 0 radical (unpaired) electrons. The Morgan fingerprint density at radius 2 is 1.71 bits per heavy atom. The van der Waals surface area contributed by atoms with Gasteiger partial charge in [0.2, 0.25) is 0 Å². The van der Waals surface area contributed by atoms with Crippen LogP contribution >= 0.6 is 0 Å². The molecule has 4 rings (SSSR count). The van der Waals surface area contributed by atoms with Crippen LogP contribution in [-0.4, -0.2) is 35.1 Å². The summed E-state index contributed by atoms with van der Waals surface area (Å²) in [4.78, 5) is 25.4. The van der Waals surface area contributed by atoms with Gasteiger partial charge in [-0.25, -0.2) is 9.28 Å². The van der Waals surface area contributed by atoms with Gasteiger partial charge in [0.15, 0.2) is 0 Å². The van der Waals surface area contributed by atoms with Gasteiger partial charge in [-0.3, -0.25) is 4.79 Å². The van der Waals surface area contributed by atoms with Crippen molar-refractivity contribution in [1.29, 1.82) is 0 Å². The molecule has 0 aromatic heterocycles. The van der Waals surface area contributed by atoms with Gasteiger partial charge < -0.3 is 9.84 Å². The van der Waals surface area contributed by atoms with Crippen LogP contribution in [0.5, 0.6) is 5.75 Å². The number of quaternary nitrogens is 1. The van der Waals surface area contributed by atoms with Crippen LogP contribution in [0.4, 0.5) is 0 Å². The van der Waals surface area contributed by atoms with E-state index < -0.39 is 5.97 Å². The summed E-state index contributed by atoms with van der Waals surface area (Å²) in [6.07, 6.45) is 0.622. The first kappa shape index (κ1) is 23.7. The molecule has 0 spiro atoms. The predicted octanol–water partition coefficient (Wildman–Crippen LogP) is 5.37. The molecule has 1 aliphatic heterocycles. The van der Waals surface area contributed by atoms with Crippen LogP contribution in [0.25, 0.3) is 0 Å². The summed E-state index contributed by atoms with van der Waals surface area (Å²) >= 11 is 0. The van der Waals surface area contributed by atoms with Gasteiger partial charge in [-0.15, -0.1) is 0 Å². The Labute approximate surface area is 201 Å². The van der Waals surface area contributed by atoms with Crippen molar-refractivity contribution in [2.45, 2.75) is 45.7 Å². The smallest absolute Gasteiger partial charge is 0.315 e. The van der Waals surface area contributed by atoms with Crippen LogP contribution in [0.2, 0.25) is 0 Å². The predicted molar refractivity (Wildman–Crippen MR) is 132 cm³/mol. The SMILES string of the molecule is COc1ccc(C[N+]2(C(=O)CCC(=O)O)CCc3c(C)cc(C)cc3C2c2ccccc2)cc1. The molecule has 1 amide bonds. The molecular weight excluding hydrogens is 426 g/mol. The monoisotopic (exact) mass is 458 g/mol. The Hall–Kier alpha value is -3.44. The van der Waals surface area contributed by atoms with Crippen molar-refractivity contribution in [2.75, 3.05) is 13.7 Å². The zero-order chi connectivity index (χ0) is 24.3. The van der Waals surface area contributed by atoms with Gasteiger partial charge in [0, 0.05) is 23.1 Å². The second-order valence-corrected chi connectivity index (χ2v) is 9.26. The van der Waals surface area contributed by atoms with Crippen LogP contribution in [0.1, 0.15) is 52.3 Å². The standard InChI is InChI=1S/C29H31NO4/c1-20-17-21(2)25-15-16-30(27(31)13-14-28(32)33,19-22-9-11-24(34-3)12-10-22)29(26(25)18-20)23-7-5-4-6-8-23/h4-12,17-18,29H,13-16,19H2,1-3H3/p+1. The number of carboxylic acid groups (broad SMARTS) is 1. The van der Waals surface area contributed by atoms with Crippen molar-refractivity contribution in [2.24, 2.45) is 0 Å². The number of hydrogen-bond acceptors (Lipinski definition) is 3. The molecule has 1 aliphatic rings. The fourth-order valence-corrected chi connectivity index (χ4v) is 5.44. The summed E-state index contributed by atoms with van der Waals surface area (Å²) in [7, 11) is 1.64. The van der Waals surface area contributed by atoms with E-state index in [-0.39, 0.29) is 29.3 Å². The van der Waals surface area contributed by atoms with E-state index in [1.165, 1.54) is 22.3 Å². The lowest BCUT2D eigenvalue weighted by Gasteiger charge is -2.47. The summed E-state index contributed by atoms with van der Waals surface area (Å²) in [6, 6.07) is 22.2. The number of carbonyl (C=O) groups excluding carboxylic acids is 1. The lowest BCUT2D eigenvalue weighted by Crippen LogP contribution is -2.58. The molecule has 34 heavy (non-hydrogen) atoms. The van der Waals surface area contributed by atoms with Gasteiger partial charge in [0.25, 0.3) is 0 Å². The molecule has 3 aromatic rings. The Bertz CT molecular complexity index is 1190. The quantitative estimate of drug-likeness (QED) is 0.484. The molecule has 0 saturated heterocycles. The van der Waals surface area contributed by atoms with E-state index in [4.69, 9.17) is 4.74 Å². The number of fused-ring (bicyclic) bond motifs is 1. The number of ether oxygens (including phenoxy) is 1. The van der Waals surface area contributed by atoms with E-state index in [1.807, 2.05) is 42.5 Å². The lowest BCUT2D eigenvalue weighted by atomic mass is 9.82. The number of carboxylic acids is 1. The third-order valence-electron chi connectivity index (χ3n) is 6.99. The van der Waals surface area contributed by atoms with E-state index in [1.54, 1.807) is 7.11 Å². The van der Waals surface area contributed by atoms with Crippen LogP contribution in [0.15, 0.2) is 66.7 Å². The van der Waals surface area contributed by atoms with Crippen LogP contribution in [-0.2, 0) is 22.6 Å². The highest BCUT2D eigenvalue weighted by atomic mass is 16.5. The molecule has 0 bridgehead atoms. The highest BCUT2D eigenvalue weighted by Gasteiger charge is 2.49. The van der Waals surface area contributed by atoms with Gasteiger partial charge in [-0.05, 0) is 55.3 Å². The number of hydrogen-bond donors (Lipinski definition) is 1. The van der Waals surface area contributed by atoms with Crippen molar-refractivity contribution < 1.29 is 23.9 Å². The molecule has 5 nitrogen and oxygen atoms in total. The zero-order valence-electron chi connectivity index (χ0n) is 20.1. The maximum Gasteiger partial charge on any atom is 0.315 e. The van der Waals surface area contributed by atoms with E-state index in [9.17, 15) is 14.7 Å². The van der Waals surface area contributed by atoms with Gasteiger partial charge in [-0.2, -0.15) is 0 Å². The lowest BCUT2D eigenvalue weighted by molar-refractivity contribution is -0.895. The topological polar surface area (TPSA) is 63.6 Å². The molecule has 176 valence electrons. The fourth-order valence-electron chi connectivity index (χ4n) is 5.44. The van der Waals surface area contributed by atoms with Crippen LogP contribution < -0.4 is 4.74 Å². The summed E-state index contributed by atoms with van der Waals surface area (Å²) in [6.45, 7) is 5.35. The number of aliphatic carboxylic acids is 1. The normalized spacial score (nSPS) is 19.3. The summed E-state index contributed by atoms with van der Waals surface area (Å²) in [5.41, 5.74) is 6.99. The van der Waals surface area contributed by atoms with Gasteiger partial charge in [-0.1, -0.05) is 42.0 Å². The third-order valence-corrected chi connectivity index (χ3v) is 6.99. The van der Waals surface area contributed by atoms with Crippen molar-refractivity contribution in [3.8, 4) is 5.75 Å². The molecule has 1 N–H and O–H groups in total. The van der Waals surface area contributed by atoms with E-state index in [2.05, 4.69) is 38.1 Å². The number of benzene rings is 3. The maximum atomic E-state index is 14.0. The van der Waals surface area contributed by atoms with Gasteiger partial charge in [0.05, 0.1) is 26.5 Å². The number of aryl methyl sites for hydroxylation is 2. The van der Waals surface area contributed by atoms with Crippen molar-refractivity contribution in [3.05, 3.63) is 100 Å². The first-order chi connectivity index (χ1) is 16.3. The largest absolute Gasteiger partial charge is 0.497 e. The molecule has 0 fully saturated rings. The highest BCUT2D eigenvalue weighted by Crippen LogP contribution is 2.44. The highest BCUT2D eigenvalue weighted by molar-refractivity contribution is 5.77. The van der Waals surface area contributed by atoms with E-state index >= 15 is 0 Å². The maximum absolute atomic E-state index is 14.0. The first-order valence-electron chi connectivity index (χ1n) is 11.7. The molecule has 0 aliphatic carbocycles. The average Bonchev–Trinajstić information content (AvgIpc) is 2.83. The Morgan fingerprint density at radius 1 is 1.00 bits per heavy atom. The summed E-state index contributed by atoms with van der Waals surface area (Å²) in [5, 5.41) is 9.33. The van der Waals surface area contributed by atoms with Crippen molar-refractivity contribution >= 4 is 11.9 Å². The minimum Gasteiger partial charge on any atom is -0.497 e. The fraction of sp³-hybridized carbons (Fsp3) is 0.310. The number of nitrogens with zero attached hydrogens (tertiary/aromatic N) is 1. The molecular formula is C29H32NO4+. The van der Waals surface area contributed by atoms with Gasteiger partial charge >= 0.3 is 11.9 Å². The second kappa shape index (κ2) is 9.82. The summed E-state index contributed by atoms with van der Waals surface area (Å²) < 4.78 is 5.50. The number of rotatable bonds is 7. The third kappa shape index (κ3) is 4.62. The molecule has 2 atom stereocenters. The Balaban J connectivity index is 1.90. The van der Waals surface area contributed by atoms with Crippen LogP contribution in [0.3, 0.4) is 0 Å². The minimum absolute atomic E-state index is 0.00888.